The summed E-state index contributed by atoms with van der Waals surface area (Å²) in [6.45, 7) is 3.20. The van der Waals surface area contributed by atoms with Crippen LogP contribution in [0.15, 0.2) is 54.6 Å². The maximum atomic E-state index is 12.4. The van der Waals surface area contributed by atoms with Crippen LogP contribution in [0.3, 0.4) is 0 Å². The Hall–Kier alpha value is -2.64. The van der Waals surface area contributed by atoms with E-state index in [1.807, 2.05) is 30.3 Å². The number of thiocarbonyl (C=S) groups is 1. The smallest absolute Gasteiger partial charge is 0.319 e. The van der Waals surface area contributed by atoms with E-state index >= 15 is 0 Å². The van der Waals surface area contributed by atoms with Crippen LogP contribution in [-0.2, 0) is 13.0 Å². The van der Waals surface area contributed by atoms with E-state index in [1.54, 1.807) is 0 Å². The molecule has 4 N–H and O–H groups in total. The van der Waals surface area contributed by atoms with Crippen LogP contribution >= 0.6 is 12.2 Å². The summed E-state index contributed by atoms with van der Waals surface area (Å²) in [7, 11) is 0. The van der Waals surface area contributed by atoms with Gasteiger partial charge in [0, 0.05) is 31.4 Å². The molecule has 6 nitrogen and oxygen atoms in total. The van der Waals surface area contributed by atoms with E-state index in [-0.39, 0.29) is 12.1 Å². The topological polar surface area (TPSA) is 68.4 Å². The van der Waals surface area contributed by atoms with E-state index in [9.17, 15) is 4.79 Å². The molecular formula is C23H29N5OS. The van der Waals surface area contributed by atoms with Crippen LogP contribution in [-0.4, -0.2) is 47.8 Å². The molecule has 0 unspecified atom stereocenters. The Kier molecular flexibility index (Phi) is 6.81. The fraction of sp³-hybridized carbons (Fsp3) is 0.391. The maximum absolute atomic E-state index is 12.4. The minimum Gasteiger partial charge on any atom is -0.361 e. The van der Waals surface area contributed by atoms with Gasteiger partial charge in [0.1, 0.15) is 0 Å². The zero-order valence-electron chi connectivity index (χ0n) is 17.1. The molecule has 30 heavy (non-hydrogen) atoms. The number of urea groups is 1. The highest BCUT2D eigenvalue weighted by molar-refractivity contribution is 7.80. The molecule has 0 aliphatic carbocycles. The summed E-state index contributed by atoms with van der Waals surface area (Å²) in [4.78, 5) is 14.6. The van der Waals surface area contributed by atoms with Gasteiger partial charge in [-0.15, -0.1) is 0 Å². The highest BCUT2D eigenvalue weighted by Gasteiger charge is 2.28. The molecule has 2 heterocycles. The van der Waals surface area contributed by atoms with Gasteiger partial charge >= 0.3 is 6.03 Å². The first-order valence-electron chi connectivity index (χ1n) is 10.6. The molecule has 0 saturated carbocycles. The van der Waals surface area contributed by atoms with Gasteiger partial charge in [-0.25, -0.2) is 4.79 Å². The fourth-order valence-electron chi connectivity index (χ4n) is 4.16. The van der Waals surface area contributed by atoms with E-state index in [1.165, 1.54) is 24.0 Å². The average Bonchev–Trinajstić information content (AvgIpc) is 3.30. The first-order valence-corrected chi connectivity index (χ1v) is 11.0. The molecule has 7 heteroatoms. The molecule has 1 fully saturated rings. The lowest BCUT2D eigenvalue weighted by Gasteiger charge is -2.39. The second-order valence-electron chi connectivity index (χ2n) is 7.93. The Bertz CT molecular complexity index is 869. The van der Waals surface area contributed by atoms with Gasteiger partial charge in [-0.2, -0.15) is 0 Å². The van der Waals surface area contributed by atoms with E-state index in [0.29, 0.717) is 12.6 Å². The summed E-state index contributed by atoms with van der Waals surface area (Å²) in [5.41, 5.74) is 3.40. The minimum absolute atomic E-state index is 0.109. The molecule has 2 amide bonds. The van der Waals surface area contributed by atoms with Crippen molar-refractivity contribution in [1.29, 1.82) is 0 Å². The van der Waals surface area contributed by atoms with Crippen LogP contribution in [0.5, 0.6) is 0 Å². The lowest BCUT2D eigenvalue weighted by atomic mass is 9.94. The standard InChI is InChI=1S/C23H29N5OS/c29-22(27-19-9-2-1-3-10-19)25-15-21-13-17-7-4-5-8-18(17)16-28(21)23(30)26-14-20-11-6-12-24-20/h1-5,7-10,20-21,24H,6,11-16H2,(H,26,30)(H2,25,27,29)/t20-,21+/m1/s1. The summed E-state index contributed by atoms with van der Waals surface area (Å²) in [5, 5.41) is 13.6. The van der Waals surface area contributed by atoms with Crippen molar-refractivity contribution in [3.05, 3.63) is 65.7 Å². The molecule has 158 valence electrons. The van der Waals surface area contributed by atoms with Gasteiger partial charge < -0.3 is 26.2 Å². The van der Waals surface area contributed by atoms with Gasteiger partial charge in [0.15, 0.2) is 5.11 Å². The first kappa shape index (κ1) is 20.6. The Labute approximate surface area is 183 Å². The Morgan fingerprint density at radius 2 is 1.80 bits per heavy atom. The third-order valence-corrected chi connectivity index (χ3v) is 6.19. The number of amides is 2. The number of carbonyl (C=O) groups excluding carboxylic acids is 1. The van der Waals surface area contributed by atoms with Crippen molar-refractivity contribution in [1.82, 2.24) is 20.9 Å². The van der Waals surface area contributed by atoms with Gasteiger partial charge in [-0.3, -0.25) is 0 Å². The molecule has 1 saturated heterocycles. The Morgan fingerprint density at radius 1 is 1.03 bits per heavy atom. The van der Waals surface area contributed by atoms with Gasteiger partial charge in [-0.1, -0.05) is 42.5 Å². The van der Waals surface area contributed by atoms with Gasteiger partial charge in [0.25, 0.3) is 0 Å². The average molecular weight is 424 g/mol. The van der Waals surface area contributed by atoms with Crippen LogP contribution in [0.4, 0.5) is 10.5 Å². The SMILES string of the molecule is O=C(NC[C@@H]1Cc2ccccc2CN1C(=S)NC[C@H]1CCCN1)Nc1ccccc1. The highest BCUT2D eigenvalue weighted by atomic mass is 32.1. The Morgan fingerprint density at radius 3 is 2.57 bits per heavy atom. The first-order chi connectivity index (χ1) is 14.7. The van der Waals surface area contributed by atoms with Crippen LogP contribution in [0.1, 0.15) is 24.0 Å². The molecular weight excluding hydrogens is 394 g/mol. The molecule has 0 spiro atoms. The molecule has 2 aliphatic heterocycles. The molecule has 2 atom stereocenters. The summed E-state index contributed by atoms with van der Waals surface area (Å²) in [6.07, 6.45) is 3.26. The van der Waals surface area contributed by atoms with Crippen LogP contribution in [0, 0.1) is 0 Å². The van der Waals surface area contributed by atoms with Crippen molar-refractivity contribution in [3.8, 4) is 0 Å². The zero-order chi connectivity index (χ0) is 20.8. The van der Waals surface area contributed by atoms with Crippen molar-refractivity contribution in [2.24, 2.45) is 0 Å². The monoisotopic (exact) mass is 423 g/mol. The third kappa shape index (κ3) is 5.29. The number of nitrogens with one attached hydrogen (secondary N) is 4. The third-order valence-electron chi connectivity index (χ3n) is 5.81. The quantitative estimate of drug-likeness (QED) is 0.557. The van der Waals surface area contributed by atoms with E-state index < -0.39 is 0 Å². The highest BCUT2D eigenvalue weighted by Crippen LogP contribution is 2.23. The second-order valence-corrected chi connectivity index (χ2v) is 8.32. The van der Waals surface area contributed by atoms with Crippen LogP contribution in [0.25, 0.3) is 0 Å². The molecule has 0 bridgehead atoms. The fourth-order valence-corrected chi connectivity index (χ4v) is 4.45. The van der Waals surface area contributed by atoms with E-state index in [4.69, 9.17) is 12.2 Å². The minimum atomic E-state index is -0.200. The largest absolute Gasteiger partial charge is 0.361 e. The number of benzene rings is 2. The van der Waals surface area contributed by atoms with Crippen molar-refractivity contribution in [2.75, 3.05) is 25.0 Å². The number of hydrogen-bond acceptors (Lipinski definition) is 3. The van der Waals surface area contributed by atoms with Crippen LogP contribution in [0.2, 0.25) is 0 Å². The van der Waals surface area contributed by atoms with Crippen molar-refractivity contribution < 1.29 is 4.79 Å². The molecule has 4 rings (SSSR count). The molecule has 0 aromatic heterocycles. The molecule has 0 radical (unpaired) electrons. The normalized spacial score (nSPS) is 20.3. The molecule has 2 aliphatic rings. The number of rotatable bonds is 5. The number of hydrogen-bond donors (Lipinski definition) is 4. The van der Waals surface area contributed by atoms with E-state index in [2.05, 4.69) is 50.4 Å². The summed E-state index contributed by atoms with van der Waals surface area (Å²) in [5.74, 6) is 0. The summed E-state index contributed by atoms with van der Waals surface area (Å²) in [6, 6.07) is 18.3. The lowest BCUT2D eigenvalue weighted by molar-refractivity contribution is 0.239. The summed E-state index contributed by atoms with van der Waals surface area (Å²) >= 11 is 5.76. The van der Waals surface area contributed by atoms with Gasteiger partial charge in [0.2, 0.25) is 0 Å². The number of anilines is 1. The van der Waals surface area contributed by atoms with Crippen molar-refractivity contribution >= 4 is 29.0 Å². The van der Waals surface area contributed by atoms with Gasteiger partial charge in [0.05, 0.1) is 6.04 Å². The molecule has 2 aromatic rings. The predicted octanol–water partition coefficient (Wildman–Crippen LogP) is 2.86. The zero-order valence-corrected chi connectivity index (χ0v) is 17.9. The molecule has 2 aromatic carbocycles. The van der Waals surface area contributed by atoms with Gasteiger partial charge in [-0.05, 0) is 61.3 Å². The number of nitrogens with zero attached hydrogens (tertiary/aromatic N) is 1. The Balaban J connectivity index is 1.38. The number of fused-ring (bicyclic) bond motifs is 1. The van der Waals surface area contributed by atoms with Crippen molar-refractivity contribution in [3.63, 3.8) is 0 Å². The predicted molar refractivity (Wildman–Crippen MR) is 125 cm³/mol. The van der Waals surface area contributed by atoms with E-state index in [0.717, 1.165) is 36.9 Å². The maximum Gasteiger partial charge on any atom is 0.319 e. The lowest BCUT2D eigenvalue weighted by Crippen LogP contribution is -2.54. The number of carbonyl (C=O) groups is 1. The summed E-state index contributed by atoms with van der Waals surface area (Å²) < 4.78 is 0. The van der Waals surface area contributed by atoms with Crippen LogP contribution < -0.4 is 21.3 Å². The second kappa shape index (κ2) is 9.91. The number of para-hydroxylation sites is 1. The van der Waals surface area contributed by atoms with Crippen molar-refractivity contribution in [2.45, 2.75) is 37.9 Å².